The molecule has 0 bridgehead atoms. The number of anilines is 1. The van der Waals surface area contributed by atoms with Crippen LogP contribution >= 0.6 is 0 Å². The van der Waals surface area contributed by atoms with Crippen LogP contribution in [0.3, 0.4) is 0 Å². The number of pyridine rings is 1. The van der Waals surface area contributed by atoms with Crippen molar-refractivity contribution in [3.05, 3.63) is 24.5 Å². The van der Waals surface area contributed by atoms with E-state index < -0.39 is 0 Å². The largest absolute Gasteiger partial charge is 0.370 e. The molecule has 0 saturated heterocycles. The monoisotopic (exact) mass is 256 g/mol. The lowest BCUT2D eigenvalue weighted by Crippen LogP contribution is -2.20. The molecule has 0 unspecified atom stereocenters. The lowest BCUT2D eigenvalue weighted by atomic mass is 9.83. The Hall–Kier alpha value is -1.71. The maximum Gasteiger partial charge on any atom is 0.180 e. The van der Waals surface area contributed by atoms with Crippen LogP contribution in [0.1, 0.15) is 32.6 Å². The minimum atomic E-state index is 0.713. The van der Waals surface area contributed by atoms with E-state index in [4.69, 9.17) is 0 Å². The van der Waals surface area contributed by atoms with Gasteiger partial charge in [0.1, 0.15) is 11.3 Å². The van der Waals surface area contributed by atoms with E-state index in [9.17, 15) is 0 Å². The number of rotatable bonds is 3. The smallest absolute Gasteiger partial charge is 0.180 e. The molecule has 1 saturated carbocycles. The highest BCUT2D eigenvalue weighted by Gasteiger charge is 2.17. The number of hydrogen-bond acceptors (Lipinski definition) is 4. The summed E-state index contributed by atoms with van der Waals surface area (Å²) in [5.74, 6) is 2.60. The van der Waals surface area contributed by atoms with Gasteiger partial charge in [-0.05, 0) is 36.8 Å². The predicted octanol–water partition coefficient (Wildman–Crippen LogP) is 3.26. The molecule has 4 nitrogen and oxygen atoms in total. The highest BCUT2D eigenvalue weighted by atomic mass is 15.0. The van der Waals surface area contributed by atoms with Gasteiger partial charge >= 0.3 is 0 Å². The van der Waals surface area contributed by atoms with E-state index in [-0.39, 0.29) is 0 Å². The van der Waals surface area contributed by atoms with Gasteiger partial charge in [-0.1, -0.05) is 19.8 Å². The summed E-state index contributed by atoms with van der Waals surface area (Å²) in [6.07, 6.45) is 8.77. The molecule has 0 radical (unpaired) electrons. The van der Waals surface area contributed by atoms with Crippen molar-refractivity contribution in [3.8, 4) is 0 Å². The van der Waals surface area contributed by atoms with Gasteiger partial charge in [0.15, 0.2) is 5.65 Å². The molecule has 4 heteroatoms. The average Bonchev–Trinajstić information content (AvgIpc) is 2.46. The van der Waals surface area contributed by atoms with Crippen LogP contribution in [0.5, 0.6) is 0 Å². The summed E-state index contributed by atoms with van der Waals surface area (Å²) in [6, 6.07) is 3.96. The second-order valence-corrected chi connectivity index (χ2v) is 5.60. The molecular formula is C15H20N4. The minimum absolute atomic E-state index is 0.713. The maximum absolute atomic E-state index is 4.49. The van der Waals surface area contributed by atoms with Gasteiger partial charge in [0, 0.05) is 18.9 Å². The van der Waals surface area contributed by atoms with Crippen LogP contribution < -0.4 is 5.32 Å². The zero-order valence-electron chi connectivity index (χ0n) is 11.3. The molecule has 1 aliphatic rings. The first kappa shape index (κ1) is 12.3. The topological polar surface area (TPSA) is 50.7 Å². The summed E-state index contributed by atoms with van der Waals surface area (Å²) >= 11 is 0. The van der Waals surface area contributed by atoms with Gasteiger partial charge in [-0.25, -0.2) is 9.97 Å². The number of nitrogens with zero attached hydrogens (tertiary/aromatic N) is 3. The molecule has 2 aromatic rings. The van der Waals surface area contributed by atoms with Gasteiger partial charge in [0.25, 0.3) is 0 Å². The Morgan fingerprint density at radius 1 is 1.11 bits per heavy atom. The van der Waals surface area contributed by atoms with E-state index in [1.165, 1.54) is 25.7 Å². The van der Waals surface area contributed by atoms with E-state index in [1.807, 2.05) is 12.1 Å². The molecule has 0 atom stereocenters. The highest BCUT2D eigenvalue weighted by molar-refractivity contribution is 5.71. The van der Waals surface area contributed by atoms with Gasteiger partial charge in [0.2, 0.25) is 0 Å². The van der Waals surface area contributed by atoms with Crippen LogP contribution in [0.4, 0.5) is 5.82 Å². The number of nitrogens with one attached hydrogen (secondary N) is 1. The first-order chi connectivity index (χ1) is 9.31. The third-order valence-corrected chi connectivity index (χ3v) is 4.04. The Bertz CT molecular complexity index is 547. The summed E-state index contributed by atoms with van der Waals surface area (Å²) in [6.45, 7) is 3.37. The Kier molecular flexibility index (Phi) is 3.58. The Morgan fingerprint density at radius 3 is 2.74 bits per heavy atom. The quantitative estimate of drug-likeness (QED) is 0.915. The molecule has 1 aliphatic carbocycles. The second-order valence-electron chi connectivity index (χ2n) is 5.60. The van der Waals surface area contributed by atoms with Crippen LogP contribution in [0.2, 0.25) is 0 Å². The van der Waals surface area contributed by atoms with Gasteiger partial charge in [-0.15, -0.1) is 0 Å². The summed E-state index contributed by atoms with van der Waals surface area (Å²) in [5.41, 5.74) is 1.56. The Labute approximate surface area is 113 Å². The highest BCUT2D eigenvalue weighted by Crippen LogP contribution is 2.28. The minimum Gasteiger partial charge on any atom is -0.370 e. The summed E-state index contributed by atoms with van der Waals surface area (Å²) in [4.78, 5) is 13.0. The molecule has 2 aromatic heterocycles. The lowest BCUT2D eigenvalue weighted by Gasteiger charge is -2.26. The average molecular weight is 256 g/mol. The summed E-state index contributed by atoms with van der Waals surface area (Å²) in [5, 5.41) is 3.44. The fraction of sp³-hybridized carbons (Fsp3) is 0.533. The summed E-state index contributed by atoms with van der Waals surface area (Å²) < 4.78 is 0. The molecule has 2 heterocycles. The molecule has 19 heavy (non-hydrogen) atoms. The van der Waals surface area contributed by atoms with Crippen molar-refractivity contribution >= 4 is 17.0 Å². The van der Waals surface area contributed by atoms with Crippen molar-refractivity contribution in [1.82, 2.24) is 15.0 Å². The maximum atomic E-state index is 4.49. The lowest BCUT2D eigenvalue weighted by molar-refractivity contribution is 0.300. The van der Waals surface area contributed by atoms with Crippen LogP contribution in [0.15, 0.2) is 24.5 Å². The van der Waals surface area contributed by atoms with Gasteiger partial charge in [0.05, 0.1) is 0 Å². The molecule has 1 fully saturated rings. The molecule has 100 valence electrons. The van der Waals surface area contributed by atoms with E-state index in [2.05, 4.69) is 27.2 Å². The van der Waals surface area contributed by atoms with Crippen molar-refractivity contribution in [3.63, 3.8) is 0 Å². The normalized spacial score (nSPS) is 23.4. The van der Waals surface area contributed by atoms with Crippen LogP contribution in [0.25, 0.3) is 11.2 Å². The molecule has 1 N–H and O–H groups in total. The zero-order chi connectivity index (χ0) is 13.1. The molecular weight excluding hydrogens is 236 g/mol. The van der Waals surface area contributed by atoms with Crippen molar-refractivity contribution in [1.29, 1.82) is 0 Å². The fourth-order valence-corrected chi connectivity index (χ4v) is 2.73. The van der Waals surface area contributed by atoms with Crippen molar-refractivity contribution in [2.75, 3.05) is 11.9 Å². The van der Waals surface area contributed by atoms with Gasteiger partial charge in [-0.3, -0.25) is 4.98 Å². The molecule has 0 aliphatic heterocycles. The Balaban J connectivity index is 1.62. The molecule has 0 aromatic carbocycles. The van der Waals surface area contributed by atoms with Crippen LogP contribution in [-0.4, -0.2) is 21.5 Å². The molecule has 0 spiro atoms. The third kappa shape index (κ3) is 3.00. The van der Waals surface area contributed by atoms with Crippen molar-refractivity contribution in [2.24, 2.45) is 11.8 Å². The number of aromatic nitrogens is 3. The first-order valence-electron chi connectivity index (χ1n) is 7.13. The van der Waals surface area contributed by atoms with E-state index in [0.717, 1.165) is 29.7 Å². The fourth-order valence-electron chi connectivity index (χ4n) is 2.73. The van der Waals surface area contributed by atoms with Crippen molar-refractivity contribution in [2.45, 2.75) is 32.6 Å². The zero-order valence-corrected chi connectivity index (χ0v) is 11.3. The van der Waals surface area contributed by atoms with Gasteiger partial charge < -0.3 is 5.32 Å². The van der Waals surface area contributed by atoms with E-state index >= 15 is 0 Å². The van der Waals surface area contributed by atoms with Gasteiger partial charge in [-0.2, -0.15) is 0 Å². The van der Waals surface area contributed by atoms with Crippen molar-refractivity contribution < 1.29 is 0 Å². The standard InChI is InChI=1S/C15H20N4/c1-11-2-4-12(5-3-11)10-18-14-7-6-13-15(19-14)17-9-8-16-13/h6-9,11-12H,2-5,10H2,1H3,(H,17,18,19). The second kappa shape index (κ2) is 5.51. The molecule has 3 rings (SSSR count). The van der Waals surface area contributed by atoms with Crippen LogP contribution in [0, 0.1) is 11.8 Å². The summed E-state index contributed by atoms with van der Waals surface area (Å²) in [7, 11) is 0. The Morgan fingerprint density at radius 2 is 1.89 bits per heavy atom. The predicted molar refractivity (Wildman–Crippen MR) is 76.9 cm³/mol. The van der Waals surface area contributed by atoms with E-state index in [0.29, 0.717) is 5.65 Å². The first-order valence-corrected chi connectivity index (χ1v) is 7.13. The number of fused-ring (bicyclic) bond motifs is 1. The van der Waals surface area contributed by atoms with E-state index in [1.54, 1.807) is 12.4 Å². The van der Waals surface area contributed by atoms with Crippen LogP contribution in [-0.2, 0) is 0 Å². The SMILES string of the molecule is CC1CCC(CNc2ccc3nccnc3n2)CC1. The number of hydrogen-bond donors (Lipinski definition) is 1. The molecule has 0 amide bonds. The third-order valence-electron chi connectivity index (χ3n) is 4.04.